The number of benzene rings is 2. The van der Waals surface area contributed by atoms with Crippen molar-refractivity contribution in [2.45, 2.75) is 11.4 Å². The lowest BCUT2D eigenvalue weighted by Crippen LogP contribution is -2.23. The van der Waals surface area contributed by atoms with Crippen molar-refractivity contribution in [1.29, 1.82) is 0 Å². The van der Waals surface area contributed by atoms with Crippen molar-refractivity contribution in [2.75, 3.05) is 5.32 Å². The largest absolute Gasteiger partial charge is 0.321 e. The Bertz CT molecular complexity index is 1090. The van der Waals surface area contributed by atoms with Crippen molar-refractivity contribution in [3.8, 4) is 0 Å². The van der Waals surface area contributed by atoms with Gasteiger partial charge in [0.15, 0.2) is 0 Å². The molecular weight excluding hydrogens is 421 g/mol. The summed E-state index contributed by atoms with van der Waals surface area (Å²) < 4.78 is 27.2. The van der Waals surface area contributed by atoms with Gasteiger partial charge >= 0.3 is 0 Å². The number of sulfonamides is 1. The fourth-order valence-corrected chi connectivity index (χ4v) is 3.73. The van der Waals surface area contributed by atoms with Gasteiger partial charge in [0.1, 0.15) is 0 Å². The van der Waals surface area contributed by atoms with Crippen LogP contribution in [0.25, 0.3) is 0 Å². The van der Waals surface area contributed by atoms with Gasteiger partial charge in [0.05, 0.1) is 26.8 Å². The minimum absolute atomic E-state index is 0.0226. The van der Waals surface area contributed by atoms with Gasteiger partial charge in [-0.2, -0.15) is 0 Å². The quantitative estimate of drug-likeness (QED) is 0.609. The minimum atomic E-state index is -3.74. The lowest BCUT2D eigenvalue weighted by Gasteiger charge is -2.09. The van der Waals surface area contributed by atoms with E-state index in [1.807, 2.05) is 0 Å². The number of pyridine rings is 1. The van der Waals surface area contributed by atoms with E-state index in [4.69, 9.17) is 23.2 Å². The maximum absolute atomic E-state index is 12.4. The van der Waals surface area contributed by atoms with Crippen LogP contribution in [-0.2, 0) is 16.6 Å². The first-order valence-electron chi connectivity index (χ1n) is 8.10. The third-order valence-electron chi connectivity index (χ3n) is 3.80. The number of hydrogen-bond donors (Lipinski definition) is 2. The van der Waals surface area contributed by atoms with Gasteiger partial charge in [0, 0.05) is 18.3 Å². The predicted octanol–water partition coefficient (Wildman–Crippen LogP) is 4.12. The number of amides is 1. The molecule has 9 heteroatoms. The second kappa shape index (κ2) is 8.70. The monoisotopic (exact) mass is 435 g/mol. The molecule has 0 bridgehead atoms. The van der Waals surface area contributed by atoms with Crippen molar-refractivity contribution >= 4 is 44.8 Å². The normalized spacial score (nSPS) is 11.2. The van der Waals surface area contributed by atoms with Gasteiger partial charge in [-0.1, -0.05) is 35.3 Å². The number of halogens is 2. The van der Waals surface area contributed by atoms with Crippen molar-refractivity contribution in [3.63, 3.8) is 0 Å². The Morgan fingerprint density at radius 3 is 2.39 bits per heavy atom. The lowest BCUT2D eigenvalue weighted by molar-refractivity contribution is 0.102. The average Bonchev–Trinajstić information content (AvgIpc) is 2.69. The van der Waals surface area contributed by atoms with E-state index in [1.54, 1.807) is 48.8 Å². The Balaban J connectivity index is 1.64. The molecule has 0 spiro atoms. The zero-order chi connectivity index (χ0) is 20.1. The molecule has 1 heterocycles. The third-order valence-corrected chi connectivity index (χ3v) is 5.94. The zero-order valence-corrected chi connectivity index (χ0v) is 16.7. The fraction of sp³-hybridized carbons (Fsp3) is 0.0526. The molecule has 0 fully saturated rings. The van der Waals surface area contributed by atoms with Crippen LogP contribution in [0.3, 0.4) is 0 Å². The van der Waals surface area contributed by atoms with Gasteiger partial charge in [-0.05, 0) is 48.0 Å². The number of anilines is 1. The van der Waals surface area contributed by atoms with Crippen molar-refractivity contribution in [2.24, 2.45) is 0 Å². The van der Waals surface area contributed by atoms with E-state index in [1.165, 1.54) is 18.2 Å². The van der Waals surface area contributed by atoms with Gasteiger partial charge in [0.25, 0.3) is 5.91 Å². The molecule has 0 aliphatic heterocycles. The Kier molecular flexibility index (Phi) is 6.31. The molecule has 0 saturated carbocycles. The second-order valence-electron chi connectivity index (χ2n) is 5.79. The maximum Gasteiger partial charge on any atom is 0.255 e. The lowest BCUT2D eigenvalue weighted by atomic mass is 10.1. The van der Waals surface area contributed by atoms with Crippen LogP contribution in [0.5, 0.6) is 0 Å². The van der Waals surface area contributed by atoms with E-state index in [0.717, 1.165) is 0 Å². The molecule has 2 aromatic carbocycles. The summed E-state index contributed by atoms with van der Waals surface area (Å²) in [7, 11) is -3.74. The summed E-state index contributed by atoms with van der Waals surface area (Å²) in [5.74, 6) is -0.282. The summed E-state index contributed by atoms with van der Waals surface area (Å²) in [6.07, 6.45) is 3.16. The van der Waals surface area contributed by atoms with E-state index in [0.29, 0.717) is 16.8 Å². The van der Waals surface area contributed by atoms with Crippen LogP contribution in [0.2, 0.25) is 10.0 Å². The van der Waals surface area contributed by atoms with Gasteiger partial charge < -0.3 is 5.32 Å². The van der Waals surface area contributed by atoms with Gasteiger partial charge in [-0.25, -0.2) is 13.1 Å². The van der Waals surface area contributed by atoms with E-state index in [9.17, 15) is 13.2 Å². The van der Waals surface area contributed by atoms with Crippen LogP contribution >= 0.6 is 23.2 Å². The first kappa shape index (κ1) is 20.3. The van der Waals surface area contributed by atoms with Crippen molar-refractivity contribution in [3.05, 3.63) is 88.2 Å². The van der Waals surface area contributed by atoms with Gasteiger partial charge in [-0.15, -0.1) is 0 Å². The highest BCUT2D eigenvalue weighted by Gasteiger charge is 2.15. The van der Waals surface area contributed by atoms with E-state index >= 15 is 0 Å². The van der Waals surface area contributed by atoms with Crippen LogP contribution in [0.1, 0.15) is 15.9 Å². The third kappa shape index (κ3) is 5.08. The number of carbonyl (C=O) groups excluding carboxylic acids is 1. The smallest absolute Gasteiger partial charge is 0.255 e. The van der Waals surface area contributed by atoms with Crippen LogP contribution in [0.15, 0.2) is 71.9 Å². The van der Waals surface area contributed by atoms with Crippen molar-refractivity contribution < 1.29 is 13.2 Å². The fourth-order valence-electron chi connectivity index (χ4n) is 2.32. The zero-order valence-electron chi connectivity index (χ0n) is 14.4. The first-order chi connectivity index (χ1) is 13.3. The molecule has 144 valence electrons. The predicted molar refractivity (Wildman–Crippen MR) is 109 cm³/mol. The molecule has 0 aliphatic rings. The molecule has 2 N–H and O–H groups in total. The van der Waals surface area contributed by atoms with Gasteiger partial charge in [-0.3, -0.25) is 9.78 Å². The van der Waals surface area contributed by atoms with Crippen LogP contribution < -0.4 is 10.0 Å². The first-order valence-corrected chi connectivity index (χ1v) is 10.3. The summed E-state index contributed by atoms with van der Waals surface area (Å²) in [6.45, 7) is 0.0626. The van der Waals surface area contributed by atoms with Gasteiger partial charge in [0.2, 0.25) is 10.0 Å². The standard InChI is InChI=1S/C19H15Cl2N3O3S/c20-17-8-7-16(10-18(17)21)28(26,27)23-11-13-3-5-14(6-4-13)19(25)24-15-2-1-9-22-12-15/h1-10,12,23H,11H2,(H,24,25). The van der Waals surface area contributed by atoms with E-state index in [-0.39, 0.29) is 27.4 Å². The Morgan fingerprint density at radius 2 is 1.75 bits per heavy atom. The Labute approximate surface area is 172 Å². The molecule has 0 atom stereocenters. The summed E-state index contributed by atoms with van der Waals surface area (Å²) in [4.78, 5) is 16.2. The summed E-state index contributed by atoms with van der Waals surface area (Å²) >= 11 is 11.7. The number of hydrogen-bond acceptors (Lipinski definition) is 4. The number of nitrogens with zero attached hydrogens (tertiary/aromatic N) is 1. The Morgan fingerprint density at radius 1 is 1.00 bits per heavy atom. The summed E-state index contributed by atoms with van der Waals surface area (Å²) in [5, 5.41) is 3.17. The molecule has 0 saturated heterocycles. The summed E-state index contributed by atoms with van der Waals surface area (Å²) in [6, 6.07) is 14.1. The van der Waals surface area contributed by atoms with Crippen molar-refractivity contribution in [1.82, 2.24) is 9.71 Å². The molecule has 28 heavy (non-hydrogen) atoms. The highest BCUT2D eigenvalue weighted by atomic mass is 35.5. The SMILES string of the molecule is O=C(Nc1cccnc1)c1ccc(CNS(=O)(=O)c2ccc(Cl)c(Cl)c2)cc1. The van der Waals surface area contributed by atoms with E-state index < -0.39 is 10.0 Å². The molecule has 3 rings (SSSR count). The maximum atomic E-state index is 12.4. The van der Waals surface area contributed by atoms with Crippen LogP contribution in [-0.4, -0.2) is 19.3 Å². The topological polar surface area (TPSA) is 88.2 Å². The molecule has 6 nitrogen and oxygen atoms in total. The molecule has 0 radical (unpaired) electrons. The molecule has 0 aliphatic carbocycles. The van der Waals surface area contributed by atoms with E-state index in [2.05, 4.69) is 15.0 Å². The molecule has 1 aromatic heterocycles. The Hall–Kier alpha value is -2.45. The molecule has 3 aromatic rings. The summed E-state index contributed by atoms with van der Waals surface area (Å²) in [5.41, 5.74) is 1.73. The molecule has 0 unspecified atom stereocenters. The van der Waals surface area contributed by atoms with Crippen LogP contribution in [0.4, 0.5) is 5.69 Å². The highest BCUT2D eigenvalue weighted by Crippen LogP contribution is 2.24. The number of nitrogens with one attached hydrogen (secondary N) is 2. The number of aromatic nitrogens is 1. The minimum Gasteiger partial charge on any atom is -0.321 e. The molecule has 1 amide bonds. The second-order valence-corrected chi connectivity index (χ2v) is 8.37. The average molecular weight is 436 g/mol. The number of carbonyl (C=O) groups is 1. The highest BCUT2D eigenvalue weighted by molar-refractivity contribution is 7.89. The van der Waals surface area contributed by atoms with Crippen LogP contribution in [0, 0.1) is 0 Å². The molecular formula is C19H15Cl2N3O3S. The number of rotatable bonds is 6.